The Hall–Kier alpha value is -2.79. The number of nitrogens with zero attached hydrogens (tertiary/aromatic N) is 4. The van der Waals surface area contributed by atoms with Gasteiger partial charge in [-0.15, -0.1) is 0 Å². The highest BCUT2D eigenvalue weighted by atomic mass is 15.1. The van der Waals surface area contributed by atoms with Crippen molar-refractivity contribution in [1.29, 1.82) is 0 Å². The zero-order chi connectivity index (χ0) is 16.8. The second kappa shape index (κ2) is 7.66. The van der Waals surface area contributed by atoms with Crippen molar-refractivity contribution in [2.24, 2.45) is 0 Å². The molecule has 2 heterocycles. The summed E-state index contributed by atoms with van der Waals surface area (Å²) in [4.78, 5) is 15.7. The molecule has 0 radical (unpaired) electrons. The quantitative estimate of drug-likeness (QED) is 0.756. The zero-order valence-electron chi connectivity index (χ0n) is 14.0. The fraction of sp³-hybridized carbons (Fsp3) is 0.211. The molecule has 0 unspecified atom stereocenters. The third-order valence-electron chi connectivity index (χ3n) is 3.58. The first-order valence-electron chi connectivity index (χ1n) is 7.96. The Kier molecular flexibility index (Phi) is 5.13. The summed E-state index contributed by atoms with van der Waals surface area (Å²) in [5, 5.41) is 3.38. The number of aromatic nitrogens is 3. The van der Waals surface area contributed by atoms with Crippen LogP contribution >= 0.6 is 0 Å². The van der Waals surface area contributed by atoms with Crippen molar-refractivity contribution in [1.82, 2.24) is 19.9 Å². The van der Waals surface area contributed by atoms with Crippen molar-refractivity contribution in [2.45, 2.75) is 0 Å². The molecule has 5 nitrogen and oxygen atoms in total. The molecule has 0 fully saturated rings. The van der Waals surface area contributed by atoms with Gasteiger partial charge in [-0.25, -0.2) is 9.97 Å². The van der Waals surface area contributed by atoms with Gasteiger partial charge in [-0.05, 0) is 26.2 Å². The standard InChI is InChI=1S/C19H21N5/c1-24(2)12-11-21-18-13-17(15-7-4-3-5-8-15)22-19(23-18)16-9-6-10-20-14-16/h3-10,13-14H,11-12H2,1-2H3,(H,21,22,23). The molecular weight excluding hydrogens is 298 g/mol. The first-order chi connectivity index (χ1) is 11.7. The minimum Gasteiger partial charge on any atom is -0.369 e. The van der Waals surface area contributed by atoms with E-state index >= 15 is 0 Å². The van der Waals surface area contributed by atoms with Crippen molar-refractivity contribution in [2.75, 3.05) is 32.5 Å². The fourth-order valence-electron chi connectivity index (χ4n) is 2.33. The number of nitrogens with one attached hydrogen (secondary N) is 1. The summed E-state index contributed by atoms with van der Waals surface area (Å²) >= 11 is 0. The lowest BCUT2D eigenvalue weighted by Crippen LogP contribution is -2.21. The molecule has 0 spiro atoms. The molecule has 5 heteroatoms. The smallest absolute Gasteiger partial charge is 0.163 e. The van der Waals surface area contributed by atoms with E-state index in [1.54, 1.807) is 12.4 Å². The molecule has 3 rings (SSSR count). The van der Waals surface area contributed by atoms with Crippen molar-refractivity contribution < 1.29 is 0 Å². The average molecular weight is 319 g/mol. The average Bonchev–Trinajstić information content (AvgIpc) is 2.63. The van der Waals surface area contributed by atoms with E-state index in [4.69, 9.17) is 4.98 Å². The Morgan fingerprint density at radius 1 is 0.958 bits per heavy atom. The molecule has 1 aromatic carbocycles. The SMILES string of the molecule is CN(C)CCNc1cc(-c2ccccc2)nc(-c2cccnc2)n1. The van der Waals surface area contributed by atoms with E-state index in [0.29, 0.717) is 5.82 Å². The van der Waals surface area contributed by atoms with Crippen molar-refractivity contribution >= 4 is 5.82 Å². The molecule has 0 bridgehead atoms. The van der Waals surface area contributed by atoms with Crippen LogP contribution in [0.2, 0.25) is 0 Å². The number of rotatable bonds is 6. The number of hydrogen-bond donors (Lipinski definition) is 1. The maximum absolute atomic E-state index is 4.72. The van der Waals surface area contributed by atoms with Gasteiger partial charge < -0.3 is 10.2 Å². The van der Waals surface area contributed by atoms with Crippen LogP contribution < -0.4 is 5.32 Å². The molecule has 3 aromatic rings. The van der Waals surface area contributed by atoms with Gasteiger partial charge in [-0.2, -0.15) is 0 Å². The largest absolute Gasteiger partial charge is 0.369 e. The van der Waals surface area contributed by atoms with E-state index in [1.165, 1.54) is 0 Å². The summed E-state index contributed by atoms with van der Waals surface area (Å²) in [5.74, 6) is 1.50. The van der Waals surface area contributed by atoms with Crippen LogP contribution in [0.4, 0.5) is 5.82 Å². The molecule has 24 heavy (non-hydrogen) atoms. The van der Waals surface area contributed by atoms with Gasteiger partial charge in [-0.1, -0.05) is 30.3 Å². The number of anilines is 1. The van der Waals surface area contributed by atoms with E-state index < -0.39 is 0 Å². The Morgan fingerprint density at radius 3 is 2.46 bits per heavy atom. The molecule has 0 atom stereocenters. The van der Waals surface area contributed by atoms with Gasteiger partial charge in [0, 0.05) is 42.7 Å². The lowest BCUT2D eigenvalue weighted by atomic mass is 10.1. The molecule has 0 saturated carbocycles. The highest BCUT2D eigenvalue weighted by Gasteiger charge is 2.08. The number of pyridine rings is 1. The van der Waals surface area contributed by atoms with Gasteiger partial charge in [0.25, 0.3) is 0 Å². The molecule has 1 N–H and O–H groups in total. The van der Waals surface area contributed by atoms with Gasteiger partial charge in [-0.3, -0.25) is 4.98 Å². The van der Waals surface area contributed by atoms with Gasteiger partial charge in [0.2, 0.25) is 0 Å². The Balaban J connectivity index is 1.96. The van der Waals surface area contributed by atoms with E-state index in [2.05, 4.69) is 46.4 Å². The maximum Gasteiger partial charge on any atom is 0.163 e. The van der Waals surface area contributed by atoms with E-state index in [1.807, 2.05) is 36.4 Å². The van der Waals surface area contributed by atoms with Crippen molar-refractivity contribution in [3.05, 3.63) is 60.9 Å². The van der Waals surface area contributed by atoms with E-state index in [9.17, 15) is 0 Å². The third-order valence-corrected chi connectivity index (χ3v) is 3.58. The summed E-state index contributed by atoms with van der Waals surface area (Å²) in [6.07, 6.45) is 3.54. The second-order valence-electron chi connectivity index (χ2n) is 5.80. The molecule has 122 valence electrons. The number of hydrogen-bond acceptors (Lipinski definition) is 5. The molecular formula is C19H21N5. The van der Waals surface area contributed by atoms with Gasteiger partial charge in [0.1, 0.15) is 5.82 Å². The van der Waals surface area contributed by atoms with Crippen molar-refractivity contribution in [3.63, 3.8) is 0 Å². The normalized spacial score (nSPS) is 10.8. The van der Waals surface area contributed by atoms with Gasteiger partial charge in [0.05, 0.1) is 5.69 Å². The lowest BCUT2D eigenvalue weighted by Gasteiger charge is -2.13. The monoisotopic (exact) mass is 319 g/mol. The number of benzene rings is 1. The summed E-state index contributed by atoms with van der Waals surface area (Å²) < 4.78 is 0. The topological polar surface area (TPSA) is 53.9 Å². The Labute approximate surface area is 142 Å². The molecule has 0 aliphatic carbocycles. The third kappa shape index (κ3) is 4.14. The fourth-order valence-corrected chi connectivity index (χ4v) is 2.33. The predicted octanol–water partition coefficient (Wildman–Crippen LogP) is 3.18. The van der Waals surface area contributed by atoms with E-state index in [-0.39, 0.29) is 0 Å². The molecule has 0 saturated heterocycles. The van der Waals surface area contributed by atoms with Crippen LogP contribution in [0, 0.1) is 0 Å². The number of likely N-dealkylation sites (N-methyl/N-ethyl adjacent to an activating group) is 1. The molecule has 0 amide bonds. The molecule has 2 aromatic heterocycles. The summed E-state index contributed by atoms with van der Waals surface area (Å²) in [7, 11) is 4.11. The van der Waals surface area contributed by atoms with Gasteiger partial charge >= 0.3 is 0 Å². The first kappa shape index (κ1) is 16.1. The maximum atomic E-state index is 4.72. The van der Waals surface area contributed by atoms with E-state index in [0.717, 1.165) is 35.7 Å². The second-order valence-corrected chi connectivity index (χ2v) is 5.80. The highest BCUT2D eigenvalue weighted by Crippen LogP contribution is 2.23. The predicted molar refractivity (Wildman–Crippen MR) is 97.7 cm³/mol. The molecule has 0 aliphatic rings. The van der Waals surface area contributed by atoms with Crippen LogP contribution in [0.5, 0.6) is 0 Å². The van der Waals surface area contributed by atoms with Crippen LogP contribution in [0.1, 0.15) is 0 Å². The summed E-state index contributed by atoms with van der Waals surface area (Å²) in [6.45, 7) is 1.76. The highest BCUT2D eigenvalue weighted by molar-refractivity contribution is 5.67. The van der Waals surface area contributed by atoms with Gasteiger partial charge in [0.15, 0.2) is 5.82 Å². The van der Waals surface area contributed by atoms with Crippen LogP contribution in [0.3, 0.4) is 0 Å². The Morgan fingerprint density at radius 2 is 1.75 bits per heavy atom. The zero-order valence-corrected chi connectivity index (χ0v) is 14.0. The molecule has 0 aliphatic heterocycles. The minimum atomic E-state index is 0.678. The first-order valence-corrected chi connectivity index (χ1v) is 7.96. The summed E-state index contributed by atoms with van der Waals surface area (Å²) in [5.41, 5.74) is 2.88. The van der Waals surface area contributed by atoms with Crippen LogP contribution in [-0.4, -0.2) is 47.0 Å². The van der Waals surface area contributed by atoms with Crippen molar-refractivity contribution in [3.8, 4) is 22.6 Å². The van der Waals surface area contributed by atoms with Crippen LogP contribution in [0.25, 0.3) is 22.6 Å². The minimum absolute atomic E-state index is 0.678. The lowest BCUT2D eigenvalue weighted by molar-refractivity contribution is 0.425. The van der Waals surface area contributed by atoms with Crippen LogP contribution in [-0.2, 0) is 0 Å². The summed E-state index contributed by atoms with van der Waals surface area (Å²) in [6, 6.07) is 16.0. The van der Waals surface area contributed by atoms with Crippen LogP contribution in [0.15, 0.2) is 60.9 Å². The Bertz CT molecular complexity index is 715.